The van der Waals surface area contributed by atoms with Crippen LogP contribution in [0.15, 0.2) is 47.4 Å². The summed E-state index contributed by atoms with van der Waals surface area (Å²) in [7, 11) is 2.87. The largest absolute Gasteiger partial charge is 0.376 e. The van der Waals surface area contributed by atoms with Crippen molar-refractivity contribution in [3.63, 3.8) is 0 Å². The Bertz CT molecular complexity index is 894. The second kappa shape index (κ2) is 7.84. The number of halogens is 1. The van der Waals surface area contributed by atoms with E-state index in [9.17, 15) is 17.6 Å². The summed E-state index contributed by atoms with van der Waals surface area (Å²) < 4.78 is 38.8. The summed E-state index contributed by atoms with van der Waals surface area (Å²) in [6, 6.07) is 10.2. The van der Waals surface area contributed by atoms with E-state index in [1.165, 1.54) is 50.5 Å². The SMILES string of the molecule is CN(C)c1ccc(S(=O)(=O)N(C)C)cc1NC(=O)Cc1ccc(F)cc1. The molecule has 0 spiro atoms. The molecule has 0 radical (unpaired) electrons. The molecule has 0 fully saturated rings. The van der Waals surface area contributed by atoms with Gasteiger partial charge in [0, 0.05) is 28.2 Å². The molecule has 0 aliphatic heterocycles. The van der Waals surface area contributed by atoms with Crippen molar-refractivity contribution in [2.75, 3.05) is 38.4 Å². The van der Waals surface area contributed by atoms with Crippen LogP contribution in [-0.4, -0.2) is 46.8 Å². The minimum atomic E-state index is -3.62. The number of benzene rings is 2. The molecule has 2 aromatic carbocycles. The number of hydrogen-bond donors (Lipinski definition) is 1. The molecular formula is C18H22FN3O3S. The van der Waals surface area contributed by atoms with Crippen LogP contribution in [0.5, 0.6) is 0 Å². The Morgan fingerprint density at radius 1 is 1.04 bits per heavy atom. The molecule has 140 valence electrons. The highest BCUT2D eigenvalue weighted by atomic mass is 32.2. The molecule has 0 atom stereocenters. The monoisotopic (exact) mass is 379 g/mol. The zero-order valence-corrected chi connectivity index (χ0v) is 16.0. The van der Waals surface area contributed by atoms with Crippen LogP contribution in [0, 0.1) is 5.82 Å². The van der Waals surface area contributed by atoms with Crippen LogP contribution in [0.3, 0.4) is 0 Å². The maximum absolute atomic E-state index is 13.0. The van der Waals surface area contributed by atoms with E-state index in [1.807, 2.05) is 0 Å². The summed E-state index contributed by atoms with van der Waals surface area (Å²) in [5.74, 6) is -0.690. The number of hydrogen-bond acceptors (Lipinski definition) is 4. The fourth-order valence-electron chi connectivity index (χ4n) is 2.36. The first-order chi connectivity index (χ1) is 12.1. The predicted octanol–water partition coefficient (Wildman–Crippen LogP) is 2.32. The van der Waals surface area contributed by atoms with E-state index in [0.717, 1.165) is 4.31 Å². The van der Waals surface area contributed by atoms with Gasteiger partial charge >= 0.3 is 0 Å². The van der Waals surface area contributed by atoms with Gasteiger partial charge in [-0.05, 0) is 35.9 Å². The first-order valence-corrected chi connectivity index (χ1v) is 9.33. The molecule has 6 nitrogen and oxygen atoms in total. The lowest BCUT2D eigenvalue weighted by Gasteiger charge is -2.20. The highest BCUT2D eigenvalue weighted by Gasteiger charge is 2.20. The van der Waals surface area contributed by atoms with Crippen LogP contribution in [0.1, 0.15) is 5.56 Å². The number of nitrogens with one attached hydrogen (secondary N) is 1. The van der Waals surface area contributed by atoms with Crippen LogP contribution in [0.2, 0.25) is 0 Å². The fraction of sp³-hybridized carbons (Fsp3) is 0.278. The zero-order chi connectivity index (χ0) is 19.5. The standard InChI is InChI=1S/C18H22FN3O3S/c1-21(2)17-10-9-15(26(24,25)22(3)4)12-16(17)20-18(23)11-13-5-7-14(19)8-6-13/h5-10,12H,11H2,1-4H3,(H,20,23). The highest BCUT2D eigenvalue weighted by Crippen LogP contribution is 2.28. The summed E-state index contributed by atoms with van der Waals surface area (Å²) in [6.07, 6.45) is 0.0534. The van der Waals surface area contributed by atoms with E-state index in [-0.39, 0.29) is 23.0 Å². The van der Waals surface area contributed by atoms with E-state index in [2.05, 4.69) is 5.32 Å². The van der Waals surface area contributed by atoms with Crippen molar-refractivity contribution in [3.8, 4) is 0 Å². The molecule has 26 heavy (non-hydrogen) atoms. The fourth-order valence-corrected chi connectivity index (χ4v) is 3.29. The van der Waals surface area contributed by atoms with Crippen LogP contribution >= 0.6 is 0 Å². The van der Waals surface area contributed by atoms with Gasteiger partial charge in [0.05, 0.1) is 22.7 Å². The van der Waals surface area contributed by atoms with Crippen molar-refractivity contribution in [2.24, 2.45) is 0 Å². The Labute approximate surface area is 153 Å². The Hall–Kier alpha value is -2.45. The number of carbonyl (C=O) groups is 1. The Morgan fingerprint density at radius 2 is 1.65 bits per heavy atom. The van der Waals surface area contributed by atoms with Gasteiger partial charge in [0.1, 0.15) is 5.82 Å². The summed E-state index contributed by atoms with van der Waals surface area (Å²) in [6.45, 7) is 0. The number of rotatable bonds is 6. The Balaban J connectivity index is 2.30. The molecule has 0 aliphatic carbocycles. The predicted molar refractivity (Wildman–Crippen MR) is 100 cm³/mol. The summed E-state index contributed by atoms with van der Waals surface area (Å²) in [5, 5.41) is 2.75. The topological polar surface area (TPSA) is 69.7 Å². The highest BCUT2D eigenvalue weighted by molar-refractivity contribution is 7.89. The summed E-state index contributed by atoms with van der Waals surface area (Å²) >= 11 is 0. The summed E-state index contributed by atoms with van der Waals surface area (Å²) in [4.78, 5) is 14.2. The van der Waals surface area contributed by atoms with Crippen molar-refractivity contribution in [3.05, 3.63) is 53.8 Å². The van der Waals surface area contributed by atoms with Crippen LogP contribution in [0.25, 0.3) is 0 Å². The van der Waals surface area contributed by atoms with Crippen molar-refractivity contribution >= 4 is 27.3 Å². The third-order valence-electron chi connectivity index (χ3n) is 3.78. The van der Waals surface area contributed by atoms with Crippen molar-refractivity contribution in [1.29, 1.82) is 0 Å². The summed E-state index contributed by atoms with van der Waals surface area (Å²) in [5.41, 5.74) is 1.73. The lowest BCUT2D eigenvalue weighted by molar-refractivity contribution is -0.115. The molecule has 2 rings (SSSR count). The number of anilines is 2. The van der Waals surface area contributed by atoms with Gasteiger partial charge in [0.25, 0.3) is 0 Å². The first kappa shape index (κ1) is 19.9. The molecule has 0 aliphatic rings. The van der Waals surface area contributed by atoms with E-state index in [0.29, 0.717) is 16.9 Å². The number of sulfonamides is 1. The van der Waals surface area contributed by atoms with Gasteiger partial charge in [0.15, 0.2) is 0 Å². The smallest absolute Gasteiger partial charge is 0.242 e. The molecule has 2 aromatic rings. The molecule has 0 saturated carbocycles. The van der Waals surface area contributed by atoms with E-state index >= 15 is 0 Å². The molecule has 0 aromatic heterocycles. The maximum atomic E-state index is 13.0. The minimum absolute atomic E-state index is 0.0534. The number of amides is 1. The van der Waals surface area contributed by atoms with E-state index < -0.39 is 10.0 Å². The zero-order valence-electron chi connectivity index (χ0n) is 15.2. The van der Waals surface area contributed by atoms with Crippen LogP contribution < -0.4 is 10.2 Å². The second-order valence-corrected chi connectivity index (χ2v) is 8.36. The van der Waals surface area contributed by atoms with Crippen LogP contribution in [-0.2, 0) is 21.2 Å². The lowest BCUT2D eigenvalue weighted by Crippen LogP contribution is -2.23. The van der Waals surface area contributed by atoms with Crippen molar-refractivity contribution in [1.82, 2.24) is 4.31 Å². The quantitative estimate of drug-likeness (QED) is 0.836. The normalized spacial score (nSPS) is 11.5. The molecule has 0 saturated heterocycles. The third-order valence-corrected chi connectivity index (χ3v) is 5.59. The van der Waals surface area contributed by atoms with Gasteiger partial charge in [-0.25, -0.2) is 17.1 Å². The van der Waals surface area contributed by atoms with Gasteiger partial charge in [-0.3, -0.25) is 4.79 Å². The molecular weight excluding hydrogens is 357 g/mol. The third kappa shape index (κ3) is 4.59. The molecule has 0 bridgehead atoms. The van der Waals surface area contributed by atoms with E-state index in [1.54, 1.807) is 25.1 Å². The van der Waals surface area contributed by atoms with Crippen molar-refractivity contribution < 1.29 is 17.6 Å². The second-order valence-electron chi connectivity index (χ2n) is 6.21. The maximum Gasteiger partial charge on any atom is 0.242 e. The average Bonchev–Trinajstić information content (AvgIpc) is 2.56. The number of carbonyl (C=O) groups excluding carboxylic acids is 1. The molecule has 1 N–H and O–H groups in total. The molecule has 1 amide bonds. The van der Waals surface area contributed by atoms with Gasteiger partial charge < -0.3 is 10.2 Å². The Kier molecular flexibility index (Phi) is 5.99. The minimum Gasteiger partial charge on any atom is -0.376 e. The average molecular weight is 379 g/mol. The van der Waals surface area contributed by atoms with Gasteiger partial charge in [-0.2, -0.15) is 0 Å². The van der Waals surface area contributed by atoms with Gasteiger partial charge in [0.2, 0.25) is 15.9 Å². The Morgan fingerprint density at radius 3 is 2.19 bits per heavy atom. The molecule has 0 unspecified atom stereocenters. The van der Waals surface area contributed by atoms with Gasteiger partial charge in [-0.15, -0.1) is 0 Å². The molecule has 0 heterocycles. The number of nitrogens with zero attached hydrogens (tertiary/aromatic N) is 2. The lowest BCUT2D eigenvalue weighted by atomic mass is 10.1. The van der Waals surface area contributed by atoms with E-state index in [4.69, 9.17) is 0 Å². The molecule has 8 heteroatoms. The first-order valence-electron chi connectivity index (χ1n) is 7.89. The van der Waals surface area contributed by atoms with Crippen molar-refractivity contribution in [2.45, 2.75) is 11.3 Å². The van der Waals surface area contributed by atoms with Gasteiger partial charge in [-0.1, -0.05) is 12.1 Å². The van der Waals surface area contributed by atoms with Crippen LogP contribution in [0.4, 0.5) is 15.8 Å².